The Labute approximate surface area is 178 Å². The highest BCUT2D eigenvalue weighted by Crippen LogP contribution is 2.27. The summed E-state index contributed by atoms with van der Waals surface area (Å²) in [7, 11) is 0. The molecule has 30 heavy (non-hydrogen) atoms. The van der Waals surface area contributed by atoms with Crippen molar-refractivity contribution in [3.63, 3.8) is 0 Å². The van der Waals surface area contributed by atoms with Gasteiger partial charge in [0.25, 0.3) is 0 Å². The lowest BCUT2D eigenvalue weighted by molar-refractivity contribution is -0.119. The lowest BCUT2D eigenvalue weighted by Crippen LogP contribution is -2.32. The van der Waals surface area contributed by atoms with Crippen LogP contribution in [0.2, 0.25) is 0 Å². The Balaban J connectivity index is 1.50. The number of ether oxygens (including phenoxy) is 1. The summed E-state index contributed by atoms with van der Waals surface area (Å²) in [5.74, 6) is 0.207. The van der Waals surface area contributed by atoms with Crippen molar-refractivity contribution in [1.29, 1.82) is 0 Å². The molecule has 3 aromatic rings. The van der Waals surface area contributed by atoms with Gasteiger partial charge in [-0.05, 0) is 30.5 Å². The van der Waals surface area contributed by atoms with Crippen LogP contribution in [0.25, 0.3) is 11.4 Å². The summed E-state index contributed by atoms with van der Waals surface area (Å²) in [6.45, 7) is 1.77. The summed E-state index contributed by atoms with van der Waals surface area (Å²) in [5.41, 5.74) is 1.43. The Morgan fingerprint density at radius 2 is 1.97 bits per heavy atom. The van der Waals surface area contributed by atoms with E-state index in [1.54, 1.807) is 18.2 Å². The first-order valence-electron chi connectivity index (χ1n) is 9.94. The zero-order chi connectivity index (χ0) is 20.8. The molecule has 1 saturated heterocycles. The number of hydrogen-bond donors (Lipinski definition) is 1. The third-order valence-corrected chi connectivity index (χ3v) is 5.87. The second-order valence-corrected chi connectivity index (χ2v) is 8.03. The molecular weight excluding hydrogens is 403 g/mol. The fourth-order valence-corrected chi connectivity index (χ4v) is 4.13. The van der Waals surface area contributed by atoms with E-state index in [0.29, 0.717) is 29.6 Å². The summed E-state index contributed by atoms with van der Waals surface area (Å²) in [5, 5.41) is 12.0. The number of nitrogens with zero attached hydrogens (tertiary/aromatic N) is 3. The monoisotopic (exact) mass is 426 g/mol. The fourth-order valence-electron chi connectivity index (χ4n) is 3.36. The molecule has 1 amide bonds. The van der Waals surface area contributed by atoms with Crippen molar-refractivity contribution < 1.29 is 13.9 Å². The topological polar surface area (TPSA) is 69.0 Å². The predicted octanol–water partition coefficient (Wildman–Crippen LogP) is 3.52. The van der Waals surface area contributed by atoms with Crippen LogP contribution in [0.15, 0.2) is 59.8 Å². The Hall–Kier alpha value is -2.71. The molecule has 156 valence electrons. The second kappa shape index (κ2) is 9.86. The fraction of sp³-hybridized carbons (Fsp3) is 0.318. The minimum atomic E-state index is -0.356. The minimum Gasteiger partial charge on any atom is -0.376 e. The van der Waals surface area contributed by atoms with E-state index in [-0.39, 0.29) is 23.6 Å². The molecule has 0 radical (unpaired) electrons. The van der Waals surface area contributed by atoms with Crippen LogP contribution >= 0.6 is 11.8 Å². The van der Waals surface area contributed by atoms with Crippen LogP contribution in [-0.2, 0) is 16.1 Å². The molecule has 1 unspecified atom stereocenters. The molecular formula is C22H23FN4O2S. The van der Waals surface area contributed by atoms with Crippen molar-refractivity contribution in [3.05, 3.63) is 66.0 Å². The number of halogens is 1. The van der Waals surface area contributed by atoms with Crippen LogP contribution in [0.3, 0.4) is 0 Å². The molecule has 0 spiro atoms. The van der Waals surface area contributed by atoms with Crippen molar-refractivity contribution >= 4 is 17.7 Å². The summed E-state index contributed by atoms with van der Waals surface area (Å²) >= 11 is 1.29. The summed E-state index contributed by atoms with van der Waals surface area (Å²) in [4.78, 5) is 12.3. The van der Waals surface area contributed by atoms with Gasteiger partial charge in [0.05, 0.1) is 24.0 Å². The van der Waals surface area contributed by atoms with Gasteiger partial charge in [0.15, 0.2) is 11.0 Å². The van der Waals surface area contributed by atoms with Gasteiger partial charge in [-0.25, -0.2) is 4.39 Å². The van der Waals surface area contributed by atoms with Gasteiger partial charge in [-0.2, -0.15) is 0 Å². The Kier molecular flexibility index (Phi) is 6.76. The molecule has 1 aliphatic heterocycles. The first-order chi connectivity index (χ1) is 14.7. The third-order valence-electron chi connectivity index (χ3n) is 4.90. The van der Waals surface area contributed by atoms with E-state index in [4.69, 9.17) is 4.74 Å². The third kappa shape index (κ3) is 5.06. The Morgan fingerprint density at radius 1 is 1.17 bits per heavy atom. The zero-order valence-electron chi connectivity index (χ0n) is 16.5. The summed E-state index contributed by atoms with van der Waals surface area (Å²) < 4.78 is 21.8. The van der Waals surface area contributed by atoms with Gasteiger partial charge in [0, 0.05) is 13.2 Å². The average molecular weight is 427 g/mol. The molecule has 1 aliphatic rings. The number of amides is 1. The molecule has 1 N–H and O–H groups in total. The number of nitrogens with one attached hydrogen (secondary N) is 1. The number of thioether (sulfide) groups is 1. The highest BCUT2D eigenvalue weighted by atomic mass is 32.2. The number of carbonyl (C=O) groups is 1. The van der Waals surface area contributed by atoms with Crippen LogP contribution in [0.4, 0.5) is 4.39 Å². The number of hydrogen-bond acceptors (Lipinski definition) is 5. The molecule has 1 fully saturated rings. The van der Waals surface area contributed by atoms with Gasteiger partial charge in [-0.15, -0.1) is 10.2 Å². The SMILES string of the molecule is O=C(CSc1nnc(-c2ccccc2F)n1Cc1ccccc1)NCC1CCCO1. The Morgan fingerprint density at radius 3 is 2.73 bits per heavy atom. The van der Waals surface area contributed by atoms with Crippen LogP contribution in [0.5, 0.6) is 0 Å². The minimum absolute atomic E-state index is 0.0859. The average Bonchev–Trinajstić information content (AvgIpc) is 3.42. The molecule has 1 aromatic heterocycles. The van der Waals surface area contributed by atoms with Crippen LogP contribution in [0.1, 0.15) is 18.4 Å². The molecule has 0 saturated carbocycles. The van der Waals surface area contributed by atoms with Crippen molar-refractivity contribution in [2.75, 3.05) is 18.9 Å². The standard InChI is InChI=1S/C22H23FN4O2S/c23-19-11-5-4-10-18(19)21-25-26-22(27(21)14-16-7-2-1-3-8-16)30-15-20(28)24-13-17-9-6-12-29-17/h1-5,7-8,10-11,17H,6,9,12-15H2,(H,24,28). The van der Waals surface area contributed by atoms with E-state index < -0.39 is 0 Å². The molecule has 2 heterocycles. The highest BCUT2D eigenvalue weighted by Gasteiger charge is 2.19. The first kappa shape index (κ1) is 20.6. The molecule has 1 atom stereocenters. The van der Waals surface area contributed by atoms with Crippen molar-refractivity contribution in [2.24, 2.45) is 0 Å². The molecule has 2 aromatic carbocycles. The highest BCUT2D eigenvalue weighted by molar-refractivity contribution is 7.99. The van der Waals surface area contributed by atoms with Crippen molar-refractivity contribution in [3.8, 4) is 11.4 Å². The second-order valence-electron chi connectivity index (χ2n) is 7.09. The van der Waals surface area contributed by atoms with Gasteiger partial charge in [-0.3, -0.25) is 9.36 Å². The maximum absolute atomic E-state index is 14.4. The zero-order valence-corrected chi connectivity index (χ0v) is 17.3. The lowest BCUT2D eigenvalue weighted by Gasteiger charge is -2.12. The maximum Gasteiger partial charge on any atom is 0.230 e. The molecule has 6 nitrogen and oxygen atoms in total. The van der Waals surface area contributed by atoms with Crippen LogP contribution < -0.4 is 5.32 Å². The summed E-state index contributed by atoms with van der Waals surface area (Å²) in [6.07, 6.45) is 2.12. The molecule has 4 rings (SSSR count). The van der Waals surface area contributed by atoms with Crippen LogP contribution in [0, 0.1) is 5.82 Å². The number of aromatic nitrogens is 3. The van der Waals surface area contributed by atoms with Crippen molar-refractivity contribution in [1.82, 2.24) is 20.1 Å². The van der Waals surface area contributed by atoms with E-state index in [1.807, 2.05) is 34.9 Å². The maximum atomic E-state index is 14.4. The van der Waals surface area contributed by atoms with Gasteiger partial charge in [0.2, 0.25) is 5.91 Å². The number of carbonyl (C=O) groups excluding carboxylic acids is 1. The number of benzene rings is 2. The van der Waals surface area contributed by atoms with E-state index >= 15 is 0 Å². The lowest BCUT2D eigenvalue weighted by atomic mass is 10.2. The largest absolute Gasteiger partial charge is 0.376 e. The number of rotatable bonds is 8. The first-order valence-corrected chi connectivity index (χ1v) is 10.9. The van der Waals surface area contributed by atoms with Gasteiger partial charge < -0.3 is 10.1 Å². The van der Waals surface area contributed by atoms with Gasteiger partial charge >= 0.3 is 0 Å². The van der Waals surface area contributed by atoms with Crippen molar-refractivity contribution in [2.45, 2.75) is 30.6 Å². The van der Waals surface area contributed by atoms with E-state index in [2.05, 4.69) is 15.5 Å². The normalized spacial score (nSPS) is 16.0. The van der Waals surface area contributed by atoms with E-state index in [1.165, 1.54) is 17.8 Å². The van der Waals surface area contributed by atoms with Gasteiger partial charge in [-0.1, -0.05) is 54.2 Å². The van der Waals surface area contributed by atoms with Crippen LogP contribution in [-0.4, -0.2) is 45.7 Å². The van der Waals surface area contributed by atoms with E-state index in [0.717, 1.165) is 25.0 Å². The smallest absolute Gasteiger partial charge is 0.230 e. The van der Waals surface area contributed by atoms with E-state index in [9.17, 15) is 9.18 Å². The predicted molar refractivity (Wildman–Crippen MR) is 114 cm³/mol. The van der Waals surface area contributed by atoms with Gasteiger partial charge in [0.1, 0.15) is 5.82 Å². The molecule has 8 heteroatoms. The quantitative estimate of drug-likeness (QED) is 0.558. The Bertz CT molecular complexity index is 990. The molecule has 0 aliphatic carbocycles. The molecule has 0 bridgehead atoms. The summed E-state index contributed by atoms with van der Waals surface area (Å²) in [6, 6.07) is 16.3.